The molecule has 0 saturated carbocycles. The minimum atomic E-state index is -1.20. The van der Waals surface area contributed by atoms with Crippen molar-refractivity contribution in [2.45, 2.75) is 39.7 Å². The maximum atomic E-state index is 11.5. The molecule has 0 fully saturated rings. The molecule has 0 heterocycles. The molecule has 1 atom stereocenters. The number of nitrogens with one attached hydrogen (secondary N) is 2. The maximum absolute atomic E-state index is 11.5. The van der Waals surface area contributed by atoms with E-state index in [-0.39, 0.29) is 12.5 Å². The van der Waals surface area contributed by atoms with Crippen LogP contribution < -0.4 is 10.6 Å². The molecule has 0 bridgehead atoms. The van der Waals surface area contributed by atoms with Crippen molar-refractivity contribution in [1.82, 2.24) is 10.6 Å². The van der Waals surface area contributed by atoms with Crippen molar-refractivity contribution in [3.8, 4) is 0 Å². The summed E-state index contributed by atoms with van der Waals surface area (Å²) in [7, 11) is 1.56. The van der Waals surface area contributed by atoms with Crippen LogP contribution in [0.4, 0.5) is 4.79 Å². The molecule has 19 heavy (non-hydrogen) atoms. The Kier molecular flexibility index (Phi) is 7.06. The molecule has 3 N–H and O–H groups in total. The average molecular weight is 274 g/mol. The highest BCUT2D eigenvalue weighted by Crippen LogP contribution is 2.19. The molecular weight excluding hydrogens is 252 g/mol. The van der Waals surface area contributed by atoms with Crippen LogP contribution >= 0.6 is 0 Å². The number of hydrogen-bond donors (Lipinski definition) is 3. The average Bonchev–Trinajstić information content (AvgIpc) is 2.24. The van der Waals surface area contributed by atoms with Crippen LogP contribution in [0.25, 0.3) is 0 Å². The largest absolute Gasteiger partial charge is 0.481 e. The summed E-state index contributed by atoms with van der Waals surface area (Å²) in [6.07, 6.45) is 0.362. The summed E-state index contributed by atoms with van der Waals surface area (Å²) in [4.78, 5) is 33.8. The number of carbonyl (C=O) groups excluding carboxylic acids is 2. The van der Waals surface area contributed by atoms with Gasteiger partial charge in [0.1, 0.15) is 0 Å². The molecule has 1 unspecified atom stereocenters. The number of hydrogen-bond acceptors (Lipinski definition) is 4. The molecule has 0 rings (SSSR count). The topological polar surface area (TPSA) is 105 Å². The number of imide groups is 1. The van der Waals surface area contributed by atoms with Crippen molar-refractivity contribution >= 4 is 17.9 Å². The third-order valence-electron chi connectivity index (χ3n) is 2.57. The van der Waals surface area contributed by atoms with Gasteiger partial charge in [-0.25, -0.2) is 4.79 Å². The fourth-order valence-electron chi connectivity index (χ4n) is 1.27. The Morgan fingerprint density at radius 2 is 1.89 bits per heavy atom. The molecule has 110 valence electrons. The molecule has 0 aliphatic rings. The van der Waals surface area contributed by atoms with Gasteiger partial charge in [-0.1, -0.05) is 0 Å². The van der Waals surface area contributed by atoms with Gasteiger partial charge in [0, 0.05) is 26.2 Å². The van der Waals surface area contributed by atoms with Crippen molar-refractivity contribution in [2.24, 2.45) is 5.41 Å². The van der Waals surface area contributed by atoms with Gasteiger partial charge in [-0.2, -0.15) is 0 Å². The van der Waals surface area contributed by atoms with E-state index in [1.807, 2.05) is 0 Å². The zero-order chi connectivity index (χ0) is 15.1. The third kappa shape index (κ3) is 7.40. The Morgan fingerprint density at radius 1 is 1.32 bits per heavy atom. The highest BCUT2D eigenvalue weighted by molar-refractivity contribution is 5.96. The molecule has 7 nitrogen and oxygen atoms in total. The highest BCUT2D eigenvalue weighted by atomic mass is 16.5. The molecule has 0 aliphatic carbocycles. The molecular formula is C12H22N2O5. The number of urea groups is 1. The van der Waals surface area contributed by atoms with Crippen LogP contribution in [-0.4, -0.2) is 42.8 Å². The Balaban J connectivity index is 4.13. The van der Waals surface area contributed by atoms with Gasteiger partial charge in [0.2, 0.25) is 5.91 Å². The van der Waals surface area contributed by atoms with E-state index >= 15 is 0 Å². The smallest absolute Gasteiger partial charge is 0.321 e. The molecule has 0 aromatic rings. The van der Waals surface area contributed by atoms with Crippen molar-refractivity contribution in [1.29, 1.82) is 0 Å². The van der Waals surface area contributed by atoms with Gasteiger partial charge in [0.05, 0.1) is 5.41 Å². The summed E-state index contributed by atoms with van der Waals surface area (Å²) in [5.41, 5.74) is -1.20. The lowest BCUT2D eigenvalue weighted by Gasteiger charge is -2.18. The molecule has 0 aromatic heterocycles. The van der Waals surface area contributed by atoms with Crippen LogP contribution in [0.2, 0.25) is 0 Å². The fourth-order valence-corrected chi connectivity index (χ4v) is 1.27. The first-order chi connectivity index (χ1) is 8.69. The second-order valence-corrected chi connectivity index (χ2v) is 5.07. The van der Waals surface area contributed by atoms with E-state index in [1.165, 1.54) is 13.8 Å². The number of carboxylic acid groups (broad SMARTS) is 1. The van der Waals surface area contributed by atoms with E-state index in [4.69, 9.17) is 9.84 Å². The lowest BCUT2D eigenvalue weighted by atomic mass is 9.89. The van der Waals surface area contributed by atoms with E-state index in [9.17, 15) is 14.4 Å². The molecule has 0 radical (unpaired) electrons. The van der Waals surface area contributed by atoms with Gasteiger partial charge in [-0.3, -0.25) is 14.9 Å². The summed E-state index contributed by atoms with van der Waals surface area (Å²) >= 11 is 0. The summed E-state index contributed by atoms with van der Waals surface area (Å²) in [5.74, 6) is -1.71. The van der Waals surface area contributed by atoms with Crippen LogP contribution in [0.5, 0.6) is 0 Å². The molecule has 0 aromatic carbocycles. The third-order valence-corrected chi connectivity index (χ3v) is 2.57. The van der Waals surface area contributed by atoms with Crippen molar-refractivity contribution in [3.63, 3.8) is 0 Å². The molecule has 0 saturated heterocycles. The van der Waals surface area contributed by atoms with Gasteiger partial charge >= 0.3 is 12.0 Å². The van der Waals surface area contributed by atoms with Gasteiger partial charge < -0.3 is 15.2 Å². The van der Waals surface area contributed by atoms with E-state index in [1.54, 1.807) is 14.0 Å². The Labute approximate surface area is 112 Å². The van der Waals surface area contributed by atoms with Crippen molar-refractivity contribution < 1.29 is 24.2 Å². The number of amides is 3. The SMILES string of the molecule is COCCC(C)NC(=O)NC(=O)CC(C)(C)C(=O)O. The van der Waals surface area contributed by atoms with Crippen molar-refractivity contribution in [2.75, 3.05) is 13.7 Å². The van der Waals surface area contributed by atoms with Crippen LogP contribution in [-0.2, 0) is 14.3 Å². The maximum Gasteiger partial charge on any atom is 0.321 e. The molecule has 0 spiro atoms. The predicted octanol–water partition coefficient (Wildman–Crippen LogP) is 0.738. The first-order valence-electron chi connectivity index (χ1n) is 6.01. The van der Waals surface area contributed by atoms with E-state index in [0.29, 0.717) is 13.0 Å². The second kappa shape index (κ2) is 7.73. The fraction of sp³-hybridized carbons (Fsp3) is 0.750. The number of methoxy groups -OCH3 is 1. The lowest BCUT2D eigenvalue weighted by molar-refractivity contribution is -0.149. The summed E-state index contributed by atoms with van der Waals surface area (Å²) < 4.78 is 4.86. The zero-order valence-electron chi connectivity index (χ0n) is 11.8. The minimum Gasteiger partial charge on any atom is -0.481 e. The predicted molar refractivity (Wildman–Crippen MR) is 68.7 cm³/mol. The van der Waals surface area contributed by atoms with E-state index < -0.39 is 23.3 Å². The number of carbonyl (C=O) groups is 3. The summed E-state index contributed by atoms with van der Waals surface area (Å²) in [6, 6.07) is -0.768. The van der Waals surface area contributed by atoms with Crippen LogP contribution in [0.1, 0.15) is 33.6 Å². The standard InChI is InChI=1S/C12H22N2O5/c1-8(5-6-19-4)13-11(18)14-9(15)7-12(2,3)10(16)17/h8H,5-7H2,1-4H3,(H,16,17)(H2,13,14,15,18). The normalized spacial score (nSPS) is 12.6. The van der Waals surface area contributed by atoms with E-state index in [0.717, 1.165) is 0 Å². The van der Waals surface area contributed by atoms with E-state index in [2.05, 4.69) is 10.6 Å². The second-order valence-electron chi connectivity index (χ2n) is 5.07. The Bertz CT molecular complexity index is 341. The van der Waals surface area contributed by atoms with Gasteiger partial charge in [0.25, 0.3) is 0 Å². The monoisotopic (exact) mass is 274 g/mol. The van der Waals surface area contributed by atoms with Crippen LogP contribution in [0.3, 0.4) is 0 Å². The first-order valence-corrected chi connectivity index (χ1v) is 6.01. The van der Waals surface area contributed by atoms with Crippen molar-refractivity contribution in [3.05, 3.63) is 0 Å². The first kappa shape index (κ1) is 17.4. The van der Waals surface area contributed by atoms with Gasteiger partial charge in [-0.05, 0) is 27.2 Å². The van der Waals surface area contributed by atoms with Crippen LogP contribution in [0, 0.1) is 5.41 Å². The number of carboxylic acids is 1. The molecule has 7 heteroatoms. The zero-order valence-corrected chi connectivity index (χ0v) is 11.8. The van der Waals surface area contributed by atoms with Crippen LogP contribution in [0.15, 0.2) is 0 Å². The summed E-state index contributed by atoms with van der Waals surface area (Å²) in [5, 5.41) is 13.5. The summed E-state index contributed by atoms with van der Waals surface area (Å²) in [6.45, 7) is 5.13. The number of rotatable bonds is 7. The molecule has 3 amide bonds. The Hall–Kier alpha value is -1.63. The number of aliphatic carboxylic acids is 1. The highest BCUT2D eigenvalue weighted by Gasteiger charge is 2.30. The lowest BCUT2D eigenvalue weighted by Crippen LogP contribution is -2.45. The van der Waals surface area contributed by atoms with Gasteiger partial charge in [0.15, 0.2) is 0 Å². The minimum absolute atomic E-state index is 0.139. The van der Waals surface area contributed by atoms with Gasteiger partial charge in [-0.15, -0.1) is 0 Å². The Morgan fingerprint density at radius 3 is 2.37 bits per heavy atom. The molecule has 0 aliphatic heterocycles. The number of ether oxygens (including phenoxy) is 1. The quantitative estimate of drug-likeness (QED) is 0.635.